The van der Waals surface area contributed by atoms with Gasteiger partial charge in [0, 0.05) is 38.7 Å². The van der Waals surface area contributed by atoms with Crippen molar-refractivity contribution in [1.29, 1.82) is 0 Å². The lowest BCUT2D eigenvalue weighted by molar-refractivity contribution is -0.143. The van der Waals surface area contributed by atoms with Gasteiger partial charge in [0.1, 0.15) is 6.61 Å². The van der Waals surface area contributed by atoms with E-state index in [-0.39, 0.29) is 31.5 Å². The van der Waals surface area contributed by atoms with Crippen molar-refractivity contribution in [3.63, 3.8) is 0 Å². The molecule has 32 heavy (non-hydrogen) atoms. The van der Waals surface area contributed by atoms with Gasteiger partial charge in [-0.1, -0.05) is 0 Å². The lowest BCUT2D eigenvalue weighted by Gasteiger charge is -2.20. The van der Waals surface area contributed by atoms with Crippen LogP contribution in [0.5, 0.6) is 0 Å². The molecule has 2 N–H and O–H groups in total. The quantitative estimate of drug-likeness (QED) is 0.160. The fourth-order valence-electron chi connectivity index (χ4n) is 3.20. The molecule has 0 amide bonds. The van der Waals surface area contributed by atoms with Crippen LogP contribution in [0.1, 0.15) is 53.4 Å². The van der Waals surface area contributed by atoms with Gasteiger partial charge in [0.2, 0.25) is 0 Å². The number of esters is 1. The van der Waals surface area contributed by atoms with Gasteiger partial charge in [-0.25, -0.2) is 4.79 Å². The number of allylic oxidation sites excluding steroid dienone is 3. The average Bonchev–Trinajstić information content (AvgIpc) is 2.78. The largest absolute Gasteiger partial charge is 0.459 e. The van der Waals surface area contributed by atoms with Crippen LogP contribution in [-0.2, 0) is 23.7 Å². The standard InChI is InChI=1S/C24H42N2O6/c1-6-29-18(2)15-30-19(3)16-31-20(4)17-32-24(28)23(14-25-5)21-9-7-10-22(13-21)26-11-8-12-27/h13-14,18-20,26-27H,6-12,15-17H2,1-5H3/b23-21-,25-14?. The van der Waals surface area contributed by atoms with E-state index in [0.717, 1.165) is 30.5 Å². The third-order valence-corrected chi connectivity index (χ3v) is 4.88. The van der Waals surface area contributed by atoms with E-state index in [2.05, 4.69) is 10.3 Å². The Hall–Kier alpha value is -1.74. The van der Waals surface area contributed by atoms with Gasteiger partial charge in [-0.15, -0.1) is 0 Å². The second-order valence-corrected chi connectivity index (χ2v) is 8.01. The zero-order valence-electron chi connectivity index (χ0n) is 20.4. The molecule has 8 nitrogen and oxygen atoms in total. The maximum absolute atomic E-state index is 12.7. The summed E-state index contributed by atoms with van der Waals surface area (Å²) in [6.45, 7) is 10.3. The molecule has 0 saturated heterocycles. The predicted octanol–water partition coefficient (Wildman–Crippen LogP) is 2.80. The molecule has 1 rings (SSSR count). The Morgan fingerprint density at radius 1 is 1.12 bits per heavy atom. The number of nitrogens with one attached hydrogen (secondary N) is 1. The Morgan fingerprint density at radius 2 is 1.78 bits per heavy atom. The van der Waals surface area contributed by atoms with Crippen molar-refractivity contribution in [2.75, 3.05) is 46.6 Å². The molecule has 0 heterocycles. The Labute approximate surface area is 193 Å². The minimum absolute atomic E-state index is 0.0479. The van der Waals surface area contributed by atoms with E-state index >= 15 is 0 Å². The summed E-state index contributed by atoms with van der Waals surface area (Å²) in [5.41, 5.74) is 2.46. The fraction of sp³-hybridized carbons (Fsp3) is 0.750. The van der Waals surface area contributed by atoms with E-state index in [1.165, 1.54) is 0 Å². The van der Waals surface area contributed by atoms with E-state index in [4.69, 9.17) is 24.1 Å². The minimum atomic E-state index is -0.399. The molecular weight excluding hydrogens is 412 g/mol. The molecule has 0 bridgehead atoms. The second kappa shape index (κ2) is 16.8. The average molecular weight is 455 g/mol. The van der Waals surface area contributed by atoms with E-state index < -0.39 is 5.97 Å². The first-order chi connectivity index (χ1) is 15.4. The van der Waals surface area contributed by atoms with Crippen molar-refractivity contribution in [2.24, 2.45) is 4.99 Å². The highest BCUT2D eigenvalue weighted by Crippen LogP contribution is 2.24. The van der Waals surface area contributed by atoms with Crippen molar-refractivity contribution in [1.82, 2.24) is 5.32 Å². The molecule has 3 unspecified atom stereocenters. The lowest BCUT2D eigenvalue weighted by Crippen LogP contribution is -2.27. The number of hydrogen-bond donors (Lipinski definition) is 2. The van der Waals surface area contributed by atoms with Crippen LogP contribution in [0.3, 0.4) is 0 Å². The number of ether oxygens (including phenoxy) is 4. The van der Waals surface area contributed by atoms with Crippen molar-refractivity contribution < 1.29 is 28.8 Å². The Balaban J connectivity index is 2.54. The van der Waals surface area contributed by atoms with E-state index in [1.807, 2.05) is 33.8 Å². The molecule has 0 saturated carbocycles. The number of rotatable bonds is 16. The van der Waals surface area contributed by atoms with Crippen LogP contribution in [-0.4, -0.2) is 82.2 Å². The van der Waals surface area contributed by atoms with Crippen LogP contribution in [0.25, 0.3) is 0 Å². The zero-order valence-corrected chi connectivity index (χ0v) is 20.4. The van der Waals surface area contributed by atoms with Crippen LogP contribution < -0.4 is 5.32 Å². The minimum Gasteiger partial charge on any atom is -0.459 e. The Bertz CT molecular complexity index is 632. The highest BCUT2D eigenvalue weighted by molar-refractivity contribution is 6.10. The second-order valence-electron chi connectivity index (χ2n) is 8.01. The van der Waals surface area contributed by atoms with Gasteiger partial charge < -0.3 is 29.4 Å². The first-order valence-electron chi connectivity index (χ1n) is 11.6. The van der Waals surface area contributed by atoms with E-state index in [1.54, 1.807) is 13.3 Å². The summed E-state index contributed by atoms with van der Waals surface area (Å²) in [5.74, 6) is -0.399. The van der Waals surface area contributed by atoms with E-state index in [0.29, 0.717) is 38.4 Å². The van der Waals surface area contributed by atoms with Crippen LogP contribution in [0.2, 0.25) is 0 Å². The van der Waals surface area contributed by atoms with Crippen molar-refractivity contribution >= 4 is 12.2 Å². The maximum Gasteiger partial charge on any atom is 0.340 e. The van der Waals surface area contributed by atoms with Crippen molar-refractivity contribution in [3.8, 4) is 0 Å². The number of aliphatic hydroxyl groups excluding tert-OH is 1. The molecule has 0 aromatic heterocycles. The van der Waals surface area contributed by atoms with Gasteiger partial charge in [-0.3, -0.25) is 4.99 Å². The number of carbonyl (C=O) groups excluding carboxylic acids is 1. The molecule has 3 atom stereocenters. The molecule has 1 aliphatic rings. The molecule has 1 aliphatic carbocycles. The zero-order chi connectivity index (χ0) is 23.8. The molecule has 0 spiro atoms. The summed E-state index contributed by atoms with van der Waals surface area (Å²) in [7, 11) is 1.64. The fourth-order valence-corrected chi connectivity index (χ4v) is 3.20. The predicted molar refractivity (Wildman–Crippen MR) is 126 cm³/mol. The van der Waals surface area contributed by atoms with Gasteiger partial charge in [0.25, 0.3) is 0 Å². The number of hydrogen-bond acceptors (Lipinski definition) is 8. The molecular formula is C24H42N2O6. The van der Waals surface area contributed by atoms with Crippen molar-refractivity contribution in [2.45, 2.75) is 71.7 Å². The van der Waals surface area contributed by atoms with Gasteiger partial charge in [0.05, 0.1) is 37.1 Å². The SMILES string of the molecule is CCOC(C)COC(C)COC(C)COC(=O)/C(C=NC)=C1\C=C(NCCCO)CCC1. The van der Waals surface area contributed by atoms with E-state index in [9.17, 15) is 4.79 Å². The highest BCUT2D eigenvalue weighted by atomic mass is 16.6. The first kappa shape index (κ1) is 28.3. The number of nitrogens with zero attached hydrogens (tertiary/aromatic N) is 1. The summed E-state index contributed by atoms with van der Waals surface area (Å²) in [6.07, 6.45) is 6.63. The van der Waals surface area contributed by atoms with Crippen LogP contribution >= 0.6 is 0 Å². The topological polar surface area (TPSA) is 98.6 Å². The maximum atomic E-state index is 12.7. The number of carbonyl (C=O) groups is 1. The van der Waals surface area contributed by atoms with Gasteiger partial charge in [0.15, 0.2) is 0 Å². The summed E-state index contributed by atoms with van der Waals surface area (Å²) >= 11 is 0. The van der Waals surface area contributed by atoms with Crippen LogP contribution in [0.4, 0.5) is 0 Å². The molecule has 0 aliphatic heterocycles. The lowest BCUT2D eigenvalue weighted by atomic mass is 9.95. The van der Waals surface area contributed by atoms with Crippen molar-refractivity contribution in [3.05, 3.63) is 22.9 Å². The van der Waals surface area contributed by atoms with Crippen LogP contribution in [0, 0.1) is 0 Å². The monoisotopic (exact) mass is 454 g/mol. The van der Waals surface area contributed by atoms with Crippen LogP contribution in [0.15, 0.2) is 27.9 Å². The molecule has 0 aromatic carbocycles. The first-order valence-corrected chi connectivity index (χ1v) is 11.6. The summed E-state index contributed by atoms with van der Waals surface area (Å²) in [4.78, 5) is 16.8. The number of aliphatic hydroxyl groups is 1. The summed E-state index contributed by atoms with van der Waals surface area (Å²) < 4.78 is 22.4. The smallest absolute Gasteiger partial charge is 0.340 e. The van der Waals surface area contributed by atoms with Gasteiger partial charge >= 0.3 is 5.97 Å². The highest BCUT2D eigenvalue weighted by Gasteiger charge is 2.19. The normalized spacial score (nSPS) is 18.8. The molecule has 0 radical (unpaired) electrons. The Morgan fingerprint density at radius 3 is 2.41 bits per heavy atom. The molecule has 184 valence electrons. The molecule has 8 heteroatoms. The Kier molecular flexibility index (Phi) is 14.9. The summed E-state index contributed by atoms with van der Waals surface area (Å²) in [5, 5.41) is 12.3. The number of aliphatic imine (C=N–C) groups is 1. The van der Waals surface area contributed by atoms with Gasteiger partial charge in [-0.2, -0.15) is 0 Å². The third-order valence-electron chi connectivity index (χ3n) is 4.88. The summed E-state index contributed by atoms with van der Waals surface area (Å²) in [6, 6.07) is 0. The van der Waals surface area contributed by atoms with Gasteiger partial charge in [-0.05, 0) is 65.0 Å². The molecule has 0 aromatic rings. The third kappa shape index (κ3) is 11.8. The molecule has 0 fully saturated rings.